The Hall–Kier alpha value is -2.70. The van der Waals surface area contributed by atoms with Crippen molar-refractivity contribution in [3.63, 3.8) is 0 Å². The van der Waals surface area contributed by atoms with E-state index in [1.165, 1.54) is 24.3 Å². The minimum Gasteiger partial charge on any atom is -0.478 e. The van der Waals surface area contributed by atoms with Gasteiger partial charge in [-0.1, -0.05) is 12.1 Å². The van der Waals surface area contributed by atoms with Crippen LogP contribution in [0.4, 0.5) is 0 Å². The maximum absolute atomic E-state index is 12.1. The Kier molecular flexibility index (Phi) is 3.28. The van der Waals surface area contributed by atoms with Crippen LogP contribution >= 0.6 is 0 Å². The summed E-state index contributed by atoms with van der Waals surface area (Å²) in [7, 11) is 0. The van der Waals surface area contributed by atoms with Gasteiger partial charge in [0.1, 0.15) is 13.1 Å². The Morgan fingerprint density at radius 2 is 1.58 bits per heavy atom. The Morgan fingerprint density at radius 3 is 2.11 bits per heavy atom. The van der Waals surface area contributed by atoms with E-state index in [0.29, 0.717) is 0 Å². The predicted octanol–water partition coefficient (Wildman–Crippen LogP) is -0.517. The van der Waals surface area contributed by atoms with Crippen LogP contribution in [0.1, 0.15) is 20.7 Å². The zero-order valence-electron chi connectivity index (χ0n) is 9.75. The monoisotopic (exact) mass is 262 g/mol. The number of carboxylic acid groups (broad SMARTS) is 1. The molecular formula is C12H10N2O5. The maximum atomic E-state index is 12.1. The van der Waals surface area contributed by atoms with E-state index in [4.69, 9.17) is 5.11 Å². The quantitative estimate of drug-likeness (QED) is 0.698. The van der Waals surface area contributed by atoms with Gasteiger partial charge in [0, 0.05) is 0 Å². The second-order valence-electron chi connectivity index (χ2n) is 3.98. The lowest BCUT2D eigenvalue weighted by Gasteiger charge is -2.25. The van der Waals surface area contributed by atoms with Crippen LogP contribution in [0.25, 0.3) is 0 Å². The van der Waals surface area contributed by atoms with Crippen molar-refractivity contribution in [2.45, 2.75) is 0 Å². The molecule has 7 heteroatoms. The number of carboxylic acids is 1. The topological polar surface area (TPSA) is 104 Å². The number of piperazine rings is 1. The van der Waals surface area contributed by atoms with Crippen LogP contribution in [0.5, 0.6) is 0 Å². The minimum absolute atomic E-state index is 0.0440. The molecule has 0 unspecified atom stereocenters. The average Bonchev–Trinajstić information content (AvgIpc) is 2.36. The van der Waals surface area contributed by atoms with E-state index in [-0.39, 0.29) is 24.2 Å². The Labute approximate surface area is 107 Å². The van der Waals surface area contributed by atoms with Crippen LogP contribution in [0.2, 0.25) is 0 Å². The van der Waals surface area contributed by atoms with Gasteiger partial charge in [0.25, 0.3) is 5.91 Å². The number of carbonyl (C=O) groups is 4. The molecule has 1 aromatic rings. The lowest BCUT2D eigenvalue weighted by molar-refractivity contribution is -0.135. The molecule has 2 rings (SSSR count). The Bertz CT molecular complexity index is 565. The zero-order chi connectivity index (χ0) is 14.0. The first-order valence-corrected chi connectivity index (χ1v) is 5.43. The molecular weight excluding hydrogens is 252 g/mol. The van der Waals surface area contributed by atoms with E-state index < -0.39 is 23.7 Å². The number of nitrogens with zero attached hydrogens (tertiary/aromatic N) is 1. The third-order valence-electron chi connectivity index (χ3n) is 2.62. The second-order valence-corrected chi connectivity index (χ2v) is 3.98. The van der Waals surface area contributed by atoms with Crippen LogP contribution < -0.4 is 5.32 Å². The van der Waals surface area contributed by atoms with E-state index in [0.717, 1.165) is 4.90 Å². The fourth-order valence-corrected chi connectivity index (χ4v) is 1.81. The number of amides is 3. The van der Waals surface area contributed by atoms with Crippen molar-refractivity contribution >= 4 is 23.7 Å². The highest BCUT2D eigenvalue weighted by Gasteiger charge is 2.29. The summed E-state index contributed by atoms with van der Waals surface area (Å²) in [6.07, 6.45) is 0. The van der Waals surface area contributed by atoms with E-state index in [2.05, 4.69) is 5.32 Å². The maximum Gasteiger partial charge on any atom is 0.336 e. The van der Waals surface area contributed by atoms with Crippen molar-refractivity contribution in [1.29, 1.82) is 0 Å². The van der Waals surface area contributed by atoms with Crippen LogP contribution in [-0.4, -0.2) is 46.8 Å². The molecule has 1 aliphatic rings. The number of carbonyl (C=O) groups excluding carboxylic acids is 3. The zero-order valence-corrected chi connectivity index (χ0v) is 9.75. The normalized spacial score (nSPS) is 15.1. The summed E-state index contributed by atoms with van der Waals surface area (Å²) in [6.45, 7) is -0.531. The number of nitrogens with one attached hydrogen (secondary N) is 1. The fourth-order valence-electron chi connectivity index (χ4n) is 1.81. The molecule has 1 fully saturated rings. The Morgan fingerprint density at radius 1 is 1.05 bits per heavy atom. The SMILES string of the molecule is O=C1CN(C(=O)c2ccccc2C(=O)O)CC(=O)N1. The highest BCUT2D eigenvalue weighted by molar-refractivity contribution is 6.09. The number of hydrogen-bond donors (Lipinski definition) is 2. The molecule has 3 amide bonds. The van der Waals surface area contributed by atoms with Gasteiger partial charge in [-0.05, 0) is 12.1 Å². The molecule has 1 saturated heterocycles. The summed E-state index contributed by atoms with van der Waals surface area (Å²) < 4.78 is 0. The van der Waals surface area contributed by atoms with E-state index in [1.807, 2.05) is 0 Å². The highest BCUT2D eigenvalue weighted by atomic mass is 16.4. The van der Waals surface area contributed by atoms with Crippen molar-refractivity contribution in [3.8, 4) is 0 Å². The smallest absolute Gasteiger partial charge is 0.336 e. The van der Waals surface area contributed by atoms with Crippen LogP contribution in [0.3, 0.4) is 0 Å². The van der Waals surface area contributed by atoms with Crippen molar-refractivity contribution < 1.29 is 24.3 Å². The van der Waals surface area contributed by atoms with Gasteiger partial charge < -0.3 is 10.0 Å². The van der Waals surface area contributed by atoms with E-state index in [9.17, 15) is 19.2 Å². The molecule has 1 aliphatic heterocycles. The van der Waals surface area contributed by atoms with Crippen molar-refractivity contribution in [3.05, 3.63) is 35.4 Å². The van der Waals surface area contributed by atoms with Gasteiger partial charge in [-0.15, -0.1) is 0 Å². The summed E-state index contributed by atoms with van der Waals surface area (Å²) in [4.78, 5) is 46.6. The Balaban J connectivity index is 2.32. The van der Waals surface area contributed by atoms with Gasteiger partial charge in [-0.3, -0.25) is 19.7 Å². The lowest BCUT2D eigenvalue weighted by atomic mass is 10.1. The third-order valence-corrected chi connectivity index (χ3v) is 2.62. The standard InChI is InChI=1S/C12H10N2O5/c15-9-5-14(6-10(16)13-9)11(17)7-3-1-2-4-8(7)12(18)19/h1-4H,5-6H2,(H,18,19)(H,13,15,16). The summed E-state index contributed by atoms with van der Waals surface area (Å²) in [5, 5.41) is 11.1. The summed E-state index contributed by atoms with van der Waals surface area (Å²) >= 11 is 0. The van der Waals surface area contributed by atoms with Crippen LogP contribution in [-0.2, 0) is 9.59 Å². The molecule has 7 nitrogen and oxygen atoms in total. The second kappa shape index (κ2) is 4.89. The van der Waals surface area contributed by atoms with Crippen molar-refractivity contribution in [2.75, 3.05) is 13.1 Å². The molecule has 0 saturated carbocycles. The fraction of sp³-hybridized carbons (Fsp3) is 0.167. The first-order valence-electron chi connectivity index (χ1n) is 5.43. The van der Waals surface area contributed by atoms with Gasteiger partial charge in [0.05, 0.1) is 11.1 Å². The van der Waals surface area contributed by atoms with Crippen molar-refractivity contribution in [1.82, 2.24) is 10.2 Å². The molecule has 2 N–H and O–H groups in total. The number of benzene rings is 1. The molecule has 0 radical (unpaired) electrons. The molecule has 0 spiro atoms. The first kappa shape index (κ1) is 12.7. The molecule has 1 aromatic carbocycles. The lowest BCUT2D eigenvalue weighted by Crippen LogP contribution is -2.53. The molecule has 1 heterocycles. The molecule has 0 aliphatic carbocycles. The molecule has 0 bridgehead atoms. The minimum atomic E-state index is -1.24. The van der Waals surface area contributed by atoms with Gasteiger partial charge >= 0.3 is 5.97 Å². The van der Waals surface area contributed by atoms with Gasteiger partial charge in [-0.25, -0.2) is 4.79 Å². The number of rotatable bonds is 2. The number of hydrogen-bond acceptors (Lipinski definition) is 4. The largest absolute Gasteiger partial charge is 0.478 e. The first-order chi connectivity index (χ1) is 8.99. The predicted molar refractivity (Wildman–Crippen MR) is 62.5 cm³/mol. The summed E-state index contributed by atoms with van der Waals surface area (Å²) in [6, 6.07) is 5.66. The number of imide groups is 1. The molecule has 98 valence electrons. The van der Waals surface area contributed by atoms with E-state index in [1.54, 1.807) is 0 Å². The molecule has 0 atom stereocenters. The third kappa shape index (κ3) is 2.59. The van der Waals surface area contributed by atoms with Crippen LogP contribution in [0, 0.1) is 0 Å². The summed E-state index contributed by atoms with van der Waals surface area (Å²) in [5.74, 6) is -3.06. The molecule has 19 heavy (non-hydrogen) atoms. The van der Waals surface area contributed by atoms with Gasteiger partial charge in [0.15, 0.2) is 0 Å². The highest BCUT2D eigenvalue weighted by Crippen LogP contribution is 2.12. The number of aromatic carboxylic acids is 1. The van der Waals surface area contributed by atoms with Gasteiger partial charge in [0.2, 0.25) is 11.8 Å². The van der Waals surface area contributed by atoms with Crippen LogP contribution in [0.15, 0.2) is 24.3 Å². The van der Waals surface area contributed by atoms with Crippen molar-refractivity contribution in [2.24, 2.45) is 0 Å². The van der Waals surface area contributed by atoms with Gasteiger partial charge in [-0.2, -0.15) is 0 Å². The average molecular weight is 262 g/mol. The molecule has 0 aromatic heterocycles. The van der Waals surface area contributed by atoms with E-state index >= 15 is 0 Å². The summed E-state index contributed by atoms with van der Waals surface area (Å²) in [5.41, 5.74) is -0.205.